The number of sulfonamides is 1. The number of carbonyl (C=O) groups is 1. The van der Waals surface area contributed by atoms with Crippen LogP contribution in [0.5, 0.6) is 5.75 Å². The molecule has 1 heterocycles. The zero-order valence-electron chi connectivity index (χ0n) is 13.2. The summed E-state index contributed by atoms with van der Waals surface area (Å²) in [5.41, 5.74) is 0. The van der Waals surface area contributed by atoms with Gasteiger partial charge in [-0.2, -0.15) is 0 Å². The molecule has 1 aromatic rings. The second kappa shape index (κ2) is 6.49. The molecule has 1 amide bonds. The van der Waals surface area contributed by atoms with E-state index in [1.807, 2.05) is 11.8 Å². The first-order valence-electron chi connectivity index (χ1n) is 8.01. The Bertz CT molecular complexity index is 668. The van der Waals surface area contributed by atoms with Gasteiger partial charge >= 0.3 is 0 Å². The maximum Gasteiger partial charge on any atom is 0.240 e. The lowest BCUT2D eigenvalue weighted by Gasteiger charge is -2.15. The Hall–Kier alpha value is -1.60. The van der Waals surface area contributed by atoms with E-state index >= 15 is 0 Å². The highest BCUT2D eigenvalue weighted by Gasteiger charge is 2.39. The van der Waals surface area contributed by atoms with Crippen LogP contribution in [0.1, 0.15) is 26.2 Å². The monoisotopic (exact) mass is 338 g/mol. The van der Waals surface area contributed by atoms with Gasteiger partial charge in [-0.1, -0.05) is 0 Å². The number of hydrogen-bond donors (Lipinski definition) is 1. The number of nitrogens with zero attached hydrogens (tertiary/aromatic N) is 1. The minimum atomic E-state index is -3.55. The van der Waals surface area contributed by atoms with E-state index in [2.05, 4.69) is 4.72 Å². The van der Waals surface area contributed by atoms with Gasteiger partial charge in [0.15, 0.2) is 0 Å². The quantitative estimate of drug-likeness (QED) is 0.815. The van der Waals surface area contributed by atoms with Gasteiger partial charge in [-0.05, 0) is 49.9 Å². The normalized spacial score (nSPS) is 21.7. The fraction of sp³-hybridized carbons (Fsp3) is 0.562. The average molecular weight is 338 g/mol. The summed E-state index contributed by atoms with van der Waals surface area (Å²) in [4.78, 5) is 14.0. The lowest BCUT2D eigenvalue weighted by Crippen LogP contribution is -2.32. The first-order chi connectivity index (χ1) is 11.0. The molecule has 2 aliphatic rings. The van der Waals surface area contributed by atoms with Crippen LogP contribution in [-0.4, -0.2) is 45.0 Å². The van der Waals surface area contributed by atoms with Crippen LogP contribution in [-0.2, 0) is 14.8 Å². The summed E-state index contributed by atoms with van der Waals surface area (Å²) in [5, 5.41) is 0. The highest BCUT2D eigenvalue weighted by molar-refractivity contribution is 7.89. The molecule has 1 aliphatic heterocycles. The zero-order valence-corrected chi connectivity index (χ0v) is 14.0. The fourth-order valence-corrected chi connectivity index (χ4v) is 3.99. The molecule has 1 saturated heterocycles. The molecular weight excluding hydrogens is 316 g/mol. The number of rotatable bonds is 7. The molecule has 0 spiro atoms. The van der Waals surface area contributed by atoms with Crippen LogP contribution in [0.2, 0.25) is 0 Å². The topological polar surface area (TPSA) is 75.7 Å². The summed E-state index contributed by atoms with van der Waals surface area (Å²) in [7, 11) is -3.55. The predicted molar refractivity (Wildman–Crippen MR) is 85.6 cm³/mol. The fourth-order valence-electron chi connectivity index (χ4n) is 2.88. The van der Waals surface area contributed by atoms with Gasteiger partial charge < -0.3 is 9.64 Å². The molecule has 126 valence electrons. The van der Waals surface area contributed by atoms with Gasteiger partial charge in [0.1, 0.15) is 5.75 Å². The van der Waals surface area contributed by atoms with Gasteiger partial charge in [-0.15, -0.1) is 0 Å². The molecule has 0 aromatic heterocycles. The summed E-state index contributed by atoms with van der Waals surface area (Å²) in [5.74, 6) is 0.853. The first-order valence-corrected chi connectivity index (χ1v) is 9.50. The molecule has 3 rings (SSSR count). The highest BCUT2D eigenvalue weighted by Crippen LogP contribution is 2.32. The molecular formula is C16H22N2O4S. The van der Waals surface area contributed by atoms with Crippen molar-refractivity contribution >= 4 is 15.9 Å². The van der Waals surface area contributed by atoms with Crippen LogP contribution >= 0.6 is 0 Å². The number of hydrogen-bond acceptors (Lipinski definition) is 4. The van der Waals surface area contributed by atoms with Crippen LogP contribution in [0.15, 0.2) is 29.2 Å². The first kappa shape index (κ1) is 16.3. The minimum absolute atomic E-state index is 0.0561. The molecule has 1 N–H and O–H groups in total. The maximum absolute atomic E-state index is 12.3. The van der Waals surface area contributed by atoms with Crippen molar-refractivity contribution in [3.8, 4) is 5.75 Å². The van der Waals surface area contributed by atoms with Gasteiger partial charge in [0.05, 0.1) is 11.5 Å². The Morgan fingerprint density at radius 1 is 1.26 bits per heavy atom. The van der Waals surface area contributed by atoms with Crippen molar-refractivity contribution in [2.45, 2.75) is 37.1 Å². The van der Waals surface area contributed by atoms with E-state index in [1.165, 1.54) is 12.1 Å². The molecule has 6 nitrogen and oxygen atoms in total. The minimum Gasteiger partial charge on any atom is -0.494 e. The van der Waals surface area contributed by atoms with Gasteiger partial charge in [-0.3, -0.25) is 4.79 Å². The van der Waals surface area contributed by atoms with Crippen LogP contribution in [0, 0.1) is 5.92 Å². The number of carbonyl (C=O) groups excluding carboxylic acids is 1. The second-order valence-electron chi connectivity index (χ2n) is 6.10. The third-order valence-electron chi connectivity index (χ3n) is 4.23. The van der Waals surface area contributed by atoms with E-state index in [0.29, 0.717) is 37.9 Å². The molecule has 1 saturated carbocycles. The van der Waals surface area contributed by atoms with Crippen molar-refractivity contribution in [2.24, 2.45) is 5.92 Å². The van der Waals surface area contributed by atoms with Crippen molar-refractivity contribution < 1.29 is 17.9 Å². The lowest BCUT2D eigenvalue weighted by molar-refractivity contribution is -0.128. The molecule has 1 aliphatic carbocycles. The van der Waals surface area contributed by atoms with Gasteiger partial charge in [0.25, 0.3) is 0 Å². The Labute approximate surface area is 136 Å². The number of ether oxygens (including phenoxy) is 1. The van der Waals surface area contributed by atoms with Gasteiger partial charge in [0.2, 0.25) is 15.9 Å². The van der Waals surface area contributed by atoms with E-state index < -0.39 is 10.0 Å². The van der Waals surface area contributed by atoms with Crippen molar-refractivity contribution in [1.29, 1.82) is 0 Å². The highest BCUT2D eigenvalue weighted by atomic mass is 32.2. The van der Waals surface area contributed by atoms with Crippen molar-refractivity contribution in [2.75, 3.05) is 19.7 Å². The largest absolute Gasteiger partial charge is 0.494 e. The van der Waals surface area contributed by atoms with Crippen molar-refractivity contribution in [3.05, 3.63) is 24.3 Å². The Balaban J connectivity index is 1.57. The number of likely N-dealkylation sites (tertiary alicyclic amines) is 1. The maximum atomic E-state index is 12.3. The Morgan fingerprint density at radius 3 is 2.57 bits per heavy atom. The summed E-state index contributed by atoms with van der Waals surface area (Å²) < 4.78 is 32.6. The number of amides is 1. The Kier molecular flexibility index (Phi) is 4.59. The van der Waals surface area contributed by atoms with E-state index in [-0.39, 0.29) is 16.7 Å². The van der Waals surface area contributed by atoms with E-state index in [0.717, 1.165) is 12.8 Å². The summed E-state index contributed by atoms with van der Waals surface area (Å²) in [6.45, 7) is 3.37. The molecule has 2 fully saturated rings. The zero-order chi connectivity index (χ0) is 16.4. The van der Waals surface area contributed by atoms with E-state index in [9.17, 15) is 13.2 Å². The molecule has 1 aromatic carbocycles. The standard InChI is InChI=1S/C16H22N2O4S/c1-2-22-14-5-7-15(8-6-14)23(20,21)17-10-12-9-16(19)18(11-12)13-3-4-13/h5-8,12-13,17H,2-4,9-11H2,1H3. The molecule has 23 heavy (non-hydrogen) atoms. The van der Waals surface area contributed by atoms with Crippen LogP contribution in [0.4, 0.5) is 0 Å². The smallest absolute Gasteiger partial charge is 0.240 e. The van der Waals surface area contributed by atoms with Crippen LogP contribution in [0.25, 0.3) is 0 Å². The molecule has 0 radical (unpaired) electrons. The number of nitrogens with one attached hydrogen (secondary N) is 1. The van der Waals surface area contributed by atoms with E-state index in [1.54, 1.807) is 12.1 Å². The summed E-state index contributed by atoms with van der Waals surface area (Å²) in [6, 6.07) is 6.75. The lowest BCUT2D eigenvalue weighted by atomic mass is 10.1. The van der Waals surface area contributed by atoms with Crippen LogP contribution < -0.4 is 9.46 Å². The van der Waals surface area contributed by atoms with Crippen molar-refractivity contribution in [1.82, 2.24) is 9.62 Å². The van der Waals surface area contributed by atoms with Crippen LogP contribution in [0.3, 0.4) is 0 Å². The molecule has 0 bridgehead atoms. The summed E-state index contributed by atoms with van der Waals surface area (Å²) in [6.07, 6.45) is 2.59. The molecule has 1 atom stereocenters. The number of benzene rings is 1. The average Bonchev–Trinajstić information content (AvgIpc) is 3.30. The molecule has 7 heteroatoms. The Morgan fingerprint density at radius 2 is 1.96 bits per heavy atom. The van der Waals surface area contributed by atoms with Gasteiger partial charge in [-0.25, -0.2) is 13.1 Å². The third kappa shape index (κ3) is 3.84. The SMILES string of the molecule is CCOc1ccc(S(=O)(=O)NCC2CC(=O)N(C3CC3)C2)cc1. The third-order valence-corrected chi connectivity index (χ3v) is 5.67. The van der Waals surface area contributed by atoms with Crippen molar-refractivity contribution in [3.63, 3.8) is 0 Å². The molecule has 1 unspecified atom stereocenters. The van der Waals surface area contributed by atoms with E-state index in [4.69, 9.17) is 4.74 Å². The summed E-state index contributed by atoms with van der Waals surface area (Å²) >= 11 is 0. The van der Waals surface area contributed by atoms with Gasteiger partial charge in [0, 0.05) is 25.6 Å². The second-order valence-corrected chi connectivity index (χ2v) is 7.87. The predicted octanol–water partition coefficient (Wildman–Crippen LogP) is 1.37.